The zero-order chi connectivity index (χ0) is 17.1. The first kappa shape index (κ1) is 16.2. The fraction of sp³-hybridized carbons (Fsp3) is 0.300. The average Bonchev–Trinajstić information content (AvgIpc) is 2.59. The van der Waals surface area contributed by atoms with Gasteiger partial charge in [-0.25, -0.2) is 0 Å². The lowest BCUT2D eigenvalue weighted by Crippen LogP contribution is -2.10. The van der Waals surface area contributed by atoms with Crippen LogP contribution in [0.2, 0.25) is 0 Å². The van der Waals surface area contributed by atoms with E-state index in [2.05, 4.69) is 12.1 Å². The number of fused-ring (bicyclic) bond motifs is 3. The highest BCUT2D eigenvalue weighted by Gasteiger charge is 2.18. The highest BCUT2D eigenvalue weighted by Crippen LogP contribution is 2.37. The van der Waals surface area contributed by atoms with Gasteiger partial charge in [-0.15, -0.1) is 0 Å². The number of aryl methyl sites for hydroxylation is 2. The summed E-state index contributed by atoms with van der Waals surface area (Å²) in [5.41, 5.74) is 4.81. The van der Waals surface area contributed by atoms with Crippen molar-refractivity contribution in [3.63, 3.8) is 0 Å². The third-order valence-electron chi connectivity index (χ3n) is 4.26. The van der Waals surface area contributed by atoms with Crippen LogP contribution in [0.3, 0.4) is 0 Å². The number of Topliss-reactive ketones (excluding diaryl/α,β-unsaturated/α-hetero) is 1. The van der Waals surface area contributed by atoms with Gasteiger partial charge in [-0.1, -0.05) is 12.1 Å². The molecule has 2 aromatic carbocycles. The molecule has 0 fully saturated rings. The van der Waals surface area contributed by atoms with Crippen LogP contribution in [0.4, 0.5) is 0 Å². The van der Waals surface area contributed by atoms with Crippen molar-refractivity contribution in [3.05, 3.63) is 47.5 Å². The number of methoxy groups -OCH3 is 1. The largest absolute Gasteiger partial charge is 0.497 e. The van der Waals surface area contributed by atoms with Gasteiger partial charge in [0, 0.05) is 6.42 Å². The maximum atomic E-state index is 11.8. The monoisotopic (exact) mass is 324 g/mol. The van der Waals surface area contributed by atoms with Gasteiger partial charge in [0.1, 0.15) is 17.3 Å². The van der Waals surface area contributed by atoms with Crippen LogP contribution in [0, 0.1) is 0 Å². The van der Waals surface area contributed by atoms with E-state index in [1.54, 1.807) is 7.11 Å². The minimum absolute atomic E-state index is 0.00979. The SMILES string of the molecule is COc1ccc2c(c1)CCc1cc(OC(=O)CCC(C)=O)ccc1-2. The van der Waals surface area contributed by atoms with Crippen molar-refractivity contribution in [1.82, 2.24) is 0 Å². The number of esters is 1. The Balaban J connectivity index is 1.80. The summed E-state index contributed by atoms with van der Waals surface area (Å²) >= 11 is 0. The first-order valence-electron chi connectivity index (χ1n) is 8.07. The van der Waals surface area contributed by atoms with E-state index in [0.717, 1.165) is 18.6 Å². The zero-order valence-corrected chi connectivity index (χ0v) is 13.9. The smallest absolute Gasteiger partial charge is 0.311 e. The van der Waals surface area contributed by atoms with Crippen LogP contribution in [0.1, 0.15) is 30.9 Å². The van der Waals surface area contributed by atoms with E-state index in [4.69, 9.17) is 9.47 Å². The van der Waals surface area contributed by atoms with Crippen molar-refractivity contribution in [2.24, 2.45) is 0 Å². The predicted molar refractivity (Wildman–Crippen MR) is 91.4 cm³/mol. The zero-order valence-electron chi connectivity index (χ0n) is 13.9. The Kier molecular flexibility index (Phi) is 4.65. The fourth-order valence-electron chi connectivity index (χ4n) is 3.00. The second-order valence-corrected chi connectivity index (χ2v) is 6.02. The Bertz CT molecular complexity index is 792. The number of hydrogen-bond donors (Lipinski definition) is 0. The summed E-state index contributed by atoms with van der Waals surface area (Å²) in [4.78, 5) is 22.7. The summed E-state index contributed by atoms with van der Waals surface area (Å²) in [5, 5.41) is 0. The van der Waals surface area contributed by atoms with E-state index in [0.29, 0.717) is 5.75 Å². The predicted octanol–water partition coefficient (Wildman–Crippen LogP) is 3.74. The van der Waals surface area contributed by atoms with Gasteiger partial charge in [0.05, 0.1) is 13.5 Å². The van der Waals surface area contributed by atoms with Gasteiger partial charge in [0.2, 0.25) is 0 Å². The molecule has 1 aliphatic carbocycles. The fourth-order valence-corrected chi connectivity index (χ4v) is 3.00. The molecule has 0 aliphatic heterocycles. The number of rotatable bonds is 5. The molecule has 3 rings (SSSR count). The first-order chi connectivity index (χ1) is 11.6. The summed E-state index contributed by atoms with van der Waals surface area (Å²) in [7, 11) is 1.67. The molecule has 2 aromatic rings. The number of ether oxygens (including phenoxy) is 2. The van der Waals surface area contributed by atoms with Crippen LogP contribution in [0.25, 0.3) is 11.1 Å². The first-order valence-corrected chi connectivity index (χ1v) is 8.07. The Morgan fingerprint density at radius 3 is 2.08 bits per heavy atom. The molecule has 0 saturated carbocycles. The molecule has 0 aromatic heterocycles. The van der Waals surface area contributed by atoms with Gasteiger partial charge >= 0.3 is 5.97 Å². The molecular formula is C20H20O4. The lowest BCUT2D eigenvalue weighted by Gasteiger charge is -2.21. The maximum Gasteiger partial charge on any atom is 0.311 e. The summed E-state index contributed by atoms with van der Waals surface area (Å²) < 4.78 is 10.6. The molecule has 0 spiro atoms. The van der Waals surface area contributed by atoms with Crippen molar-refractivity contribution >= 4 is 11.8 Å². The van der Waals surface area contributed by atoms with E-state index < -0.39 is 0 Å². The highest BCUT2D eigenvalue weighted by molar-refractivity contribution is 5.82. The minimum atomic E-state index is -0.369. The molecule has 1 aliphatic rings. The number of benzene rings is 2. The molecule has 0 amide bonds. The summed E-state index contributed by atoms with van der Waals surface area (Å²) in [6.45, 7) is 1.47. The van der Waals surface area contributed by atoms with Crippen LogP contribution in [0.5, 0.6) is 11.5 Å². The summed E-state index contributed by atoms with van der Waals surface area (Å²) in [5.74, 6) is 1.03. The molecule has 124 valence electrons. The van der Waals surface area contributed by atoms with Crippen molar-refractivity contribution in [2.75, 3.05) is 7.11 Å². The molecule has 0 radical (unpaired) electrons. The third-order valence-corrected chi connectivity index (χ3v) is 4.26. The topological polar surface area (TPSA) is 52.6 Å². The van der Waals surface area contributed by atoms with Gasteiger partial charge in [-0.2, -0.15) is 0 Å². The third kappa shape index (κ3) is 3.48. The Morgan fingerprint density at radius 2 is 1.50 bits per heavy atom. The van der Waals surface area contributed by atoms with Crippen LogP contribution in [-0.4, -0.2) is 18.9 Å². The maximum absolute atomic E-state index is 11.8. The lowest BCUT2D eigenvalue weighted by atomic mass is 9.85. The molecule has 0 bridgehead atoms. The molecule has 0 heterocycles. The molecule has 4 heteroatoms. The average molecular weight is 324 g/mol. The number of hydrogen-bond acceptors (Lipinski definition) is 4. The number of ketones is 1. The lowest BCUT2D eigenvalue weighted by molar-refractivity contribution is -0.135. The van der Waals surface area contributed by atoms with Gasteiger partial charge in [0.15, 0.2) is 0 Å². The molecule has 0 atom stereocenters. The van der Waals surface area contributed by atoms with Crippen molar-refractivity contribution in [1.29, 1.82) is 0 Å². The van der Waals surface area contributed by atoms with E-state index in [-0.39, 0.29) is 24.6 Å². The Labute approximate surface area is 141 Å². The molecule has 0 N–H and O–H groups in total. The van der Waals surface area contributed by atoms with Crippen LogP contribution in [-0.2, 0) is 22.4 Å². The van der Waals surface area contributed by atoms with Crippen molar-refractivity contribution < 1.29 is 19.1 Å². The molecular weight excluding hydrogens is 304 g/mol. The Hall–Kier alpha value is -2.62. The molecule has 4 nitrogen and oxygen atoms in total. The van der Waals surface area contributed by atoms with Gasteiger partial charge in [-0.3, -0.25) is 4.79 Å². The second-order valence-electron chi connectivity index (χ2n) is 6.02. The van der Waals surface area contributed by atoms with Gasteiger partial charge in [-0.05, 0) is 66.3 Å². The quantitative estimate of drug-likeness (QED) is 0.621. The Morgan fingerprint density at radius 1 is 0.917 bits per heavy atom. The number of carbonyl (C=O) groups excluding carboxylic acids is 2. The normalized spacial score (nSPS) is 12.1. The van der Waals surface area contributed by atoms with Crippen LogP contribution < -0.4 is 9.47 Å². The molecule has 0 unspecified atom stereocenters. The van der Waals surface area contributed by atoms with E-state index >= 15 is 0 Å². The van der Waals surface area contributed by atoms with E-state index in [1.165, 1.54) is 29.2 Å². The standard InChI is InChI=1S/C20H20O4/c1-13(21)3-10-20(22)24-17-7-9-19-15(12-17)5-4-14-11-16(23-2)6-8-18(14)19/h6-9,11-12H,3-5,10H2,1-2H3. The molecule has 0 saturated heterocycles. The van der Waals surface area contributed by atoms with E-state index in [1.807, 2.05) is 24.3 Å². The second kappa shape index (κ2) is 6.87. The summed E-state index contributed by atoms with van der Waals surface area (Å²) in [6.07, 6.45) is 2.17. The van der Waals surface area contributed by atoms with E-state index in [9.17, 15) is 9.59 Å². The van der Waals surface area contributed by atoms with Crippen molar-refractivity contribution in [2.45, 2.75) is 32.6 Å². The van der Waals surface area contributed by atoms with Gasteiger partial charge in [0.25, 0.3) is 0 Å². The van der Waals surface area contributed by atoms with Gasteiger partial charge < -0.3 is 14.3 Å². The van der Waals surface area contributed by atoms with Crippen molar-refractivity contribution in [3.8, 4) is 22.6 Å². The minimum Gasteiger partial charge on any atom is -0.497 e. The number of carbonyl (C=O) groups is 2. The summed E-state index contributed by atoms with van der Waals surface area (Å²) in [6, 6.07) is 11.8. The van der Waals surface area contributed by atoms with Crippen LogP contribution >= 0.6 is 0 Å². The highest BCUT2D eigenvalue weighted by atomic mass is 16.5. The molecule has 24 heavy (non-hydrogen) atoms. The van der Waals surface area contributed by atoms with Crippen LogP contribution in [0.15, 0.2) is 36.4 Å².